The molecule has 0 N–H and O–H groups in total. The first-order valence-corrected chi connectivity index (χ1v) is 32.9. The molecule has 0 saturated carbocycles. The van der Waals surface area contributed by atoms with Gasteiger partial charge in [-0.2, -0.15) is 0 Å². The molecule has 0 aliphatic heterocycles. The molecule has 6 aromatic heterocycles. The van der Waals surface area contributed by atoms with Gasteiger partial charge in [0.1, 0.15) is 67.0 Å². The normalized spacial score (nSPS) is 11.9. The maximum Gasteiger partial charge on any atom is 0.138 e. The zero-order chi connectivity index (χ0) is 63.8. The molecule has 0 spiro atoms. The van der Waals surface area contributed by atoms with Crippen LogP contribution < -0.4 is 4.90 Å². The SMILES string of the molecule is C.Clc1cc2oc3ccccc3c2c2c1ccc1ccccc12.c1ccc2c(c1)ccc1c(N(c3ccc4c(c3)oc3ccccc34)c3ccc4oc5ccccc5c4c3)cc3oc4ccccc4c3c12.c1ccc2c(c1)oc1cc(Cc3ccc4oc5ccccc5c4c3)ccc12. The summed E-state index contributed by atoms with van der Waals surface area (Å²) in [6.45, 7) is 0. The Morgan fingerprint density at radius 2 is 0.571 bits per heavy atom. The number of furan rings is 6. The molecule has 98 heavy (non-hydrogen) atoms. The number of benzene rings is 16. The zero-order valence-corrected chi connectivity index (χ0v) is 52.6. The standard InChI is InChI=1S/C44H25NO3.C25H16O2.C20H11ClO.CH4/c1-2-10-29-26(9-1)17-20-33-36(25-42-44(43(29)33)34-13-5-8-16-39(34)48-42)45(27-19-22-40-35(23-27)31-12-4-7-15-38(31)46-40)28-18-21-32-30-11-3-6-14-37(30)47-41(32)24-28;1-3-7-22-18(5-1)20-11-9-17(15-25(20)27-22)13-16-10-12-24-21(14-16)19-6-2-4-8-23(19)26-24;21-16-11-18-20(15-7-3-4-8-17(15)22-18)19-13-6-2-1-5-12(13)9-10-14(16)19;/h1-25H;1-12,14-15H,13H2;1-11H;1H4. The van der Waals surface area contributed by atoms with Crippen LogP contribution in [0.2, 0.25) is 5.02 Å². The van der Waals surface area contributed by atoms with Crippen molar-refractivity contribution in [1.29, 1.82) is 0 Å². The number of anilines is 3. The molecule has 0 amide bonds. The van der Waals surface area contributed by atoms with Gasteiger partial charge in [-0.05, 0) is 124 Å². The van der Waals surface area contributed by atoms with Crippen molar-refractivity contribution in [3.05, 3.63) is 319 Å². The summed E-state index contributed by atoms with van der Waals surface area (Å²) in [5.74, 6) is 0. The molecule has 0 fully saturated rings. The van der Waals surface area contributed by atoms with E-state index >= 15 is 0 Å². The van der Waals surface area contributed by atoms with Crippen LogP contribution in [0.4, 0.5) is 17.1 Å². The van der Waals surface area contributed by atoms with Gasteiger partial charge in [0.2, 0.25) is 0 Å². The zero-order valence-electron chi connectivity index (χ0n) is 51.8. The fourth-order valence-electron chi connectivity index (χ4n) is 15.1. The van der Waals surface area contributed by atoms with E-state index in [1.165, 1.54) is 65.0 Å². The molecule has 22 rings (SSSR count). The van der Waals surface area contributed by atoms with Crippen molar-refractivity contribution in [2.75, 3.05) is 4.90 Å². The highest BCUT2D eigenvalue weighted by atomic mass is 35.5. The summed E-state index contributed by atoms with van der Waals surface area (Å²) in [7, 11) is 0. The van der Waals surface area contributed by atoms with E-state index in [9.17, 15) is 0 Å². The van der Waals surface area contributed by atoms with Gasteiger partial charge in [-0.3, -0.25) is 0 Å². The number of hydrogen-bond acceptors (Lipinski definition) is 7. The summed E-state index contributed by atoms with van der Waals surface area (Å²) in [5.41, 5.74) is 16.2. The summed E-state index contributed by atoms with van der Waals surface area (Å²) >= 11 is 6.50. The average Bonchev–Trinajstić information content (AvgIpc) is 1.42. The van der Waals surface area contributed by atoms with Crippen LogP contribution in [0.1, 0.15) is 18.6 Å². The van der Waals surface area contributed by atoms with Crippen LogP contribution in [0, 0.1) is 0 Å². The average molecular weight is 1280 g/mol. The van der Waals surface area contributed by atoms with E-state index < -0.39 is 0 Å². The van der Waals surface area contributed by atoms with Gasteiger partial charge in [-0.25, -0.2) is 0 Å². The third-order valence-electron chi connectivity index (χ3n) is 19.4. The second-order valence-electron chi connectivity index (χ2n) is 25.0. The molecule has 0 aliphatic carbocycles. The third-order valence-corrected chi connectivity index (χ3v) is 19.7. The monoisotopic (exact) mass is 1280 g/mol. The van der Waals surface area contributed by atoms with E-state index in [0.717, 1.165) is 149 Å². The first kappa shape index (κ1) is 56.9. The number of nitrogens with zero attached hydrogens (tertiary/aromatic N) is 1. The molecule has 0 radical (unpaired) electrons. The quantitative estimate of drug-likeness (QED) is 0.159. The summed E-state index contributed by atoms with van der Waals surface area (Å²) in [6.07, 6.45) is 0.864. The number of para-hydroxylation sites is 6. The van der Waals surface area contributed by atoms with E-state index in [0.29, 0.717) is 0 Å². The van der Waals surface area contributed by atoms with E-state index in [2.05, 4.69) is 229 Å². The summed E-state index contributed by atoms with van der Waals surface area (Å²) in [6, 6.07) is 105. The summed E-state index contributed by atoms with van der Waals surface area (Å²) < 4.78 is 37.3. The van der Waals surface area contributed by atoms with Gasteiger partial charge >= 0.3 is 0 Å². The first-order chi connectivity index (χ1) is 48.0. The minimum atomic E-state index is 0. The van der Waals surface area contributed by atoms with Crippen LogP contribution in [0.3, 0.4) is 0 Å². The van der Waals surface area contributed by atoms with Crippen molar-refractivity contribution in [2.24, 2.45) is 0 Å². The van der Waals surface area contributed by atoms with E-state index in [4.69, 9.17) is 38.1 Å². The maximum absolute atomic E-state index is 6.64. The van der Waals surface area contributed by atoms with E-state index in [1.807, 2.05) is 78.9 Å². The maximum atomic E-state index is 6.64. The van der Waals surface area contributed by atoms with Crippen LogP contribution in [-0.2, 0) is 6.42 Å². The van der Waals surface area contributed by atoms with Crippen molar-refractivity contribution in [1.82, 2.24) is 0 Å². The number of hydrogen-bond donors (Lipinski definition) is 0. The van der Waals surface area contributed by atoms with Crippen molar-refractivity contribution in [3.63, 3.8) is 0 Å². The summed E-state index contributed by atoms with van der Waals surface area (Å²) in [4.78, 5) is 2.33. The predicted molar refractivity (Wildman–Crippen MR) is 409 cm³/mol. The van der Waals surface area contributed by atoms with Gasteiger partial charge < -0.3 is 31.4 Å². The largest absolute Gasteiger partial charge is 0.456 e. The smallest absolute Gasteiger partial charge is 0.138 e. The van der Waals surface area contributed by atoms with Crippen molar-refractivity contribution >= 4 is 203 Å². The van der Waals surface area contributed by atoms with Crippen molar-refractivity contribution in [2.45, 2.75) is 13.8 Å². The van der Waals surface area contributed by atoms with Gasteiger partial charge in [0.05, 0.1) is 10.7 Å². The van der Waals surface area contributed by atoms with E-state index in [-0.39, 0.29) is 7.43 Å². The Balaban J connectivity index is 0.000000113. The Morgan fingerprint density at radius 1 is 0.224 bits per heavy atom. The number of rotatable bonds is 5. The molecule has 464 valence electrons. The molecule has 0 atom stereocenters. The lowest BCUT2D eigenvalue weighted by Gasteiger charge is -2.27. The molecule has 16 aromatic carbocycles. The Labute approximate surface area is 564 Å². The van der Waals surface area contributed by atoms with Gasteiger partial charge in [0.15, 0.2) is 0 Å². The van der Waals surface area contributed by atoms with Crippen molar-refractivity contribution < 1.29 is 26.5 Å². The molecule has 0 saturated heterocycles. The lowest BCUT2D eigenvalue weighted by Crippen LogP contribution is -2.10. The fraction of sp³-hybridized carbons (Fsp3) is 0.0222. The topological polar surface area (TPSA) is 82.1 Å². The molecule has 0 bridgehead atoms. The Morgan fingerprint density at radius 3 is 1.14 bits per heavy atom. The molecule has 8 heteroatoms. The fourth-order valence-corrected chi connectivity index (χ4v) is 15.3. The first-order valence-electron chi connectivity index (χ1n) is 32.6. The van der Waals surface area contributed by atoms with Crippen LogP contribution in [0.15, 0.2) is 330 Å². The van der Waals surface area contributed by atoms with Crippen LogP contribution in [0.5, 0.6) is 0 Å². The Bertz CT molecular complexity index is 6970. The van der Waals surface area contributed by atoms with Crippen LogP contribution >= 0.6 is 11.6 Å². The van der Waals surface area contributed by atoms with Crippen molar-refractivity contribution in [3.8, 4) is 0 Å². The molecule has 7 nitrogen and oxygen atoms in total. The molecule has 0 aliphatic rings. The number of fused-ring (bicyclic) bond motifs is 26. The van der Waals surface area contributed by atoms with Gasteiger partial charge in [0.25, 0.3) is 0 Å². The number of halogens is 1. The second-order valence-corrected chi connectivity index (χ2v) is 25.4. The minimum absolute atomic E-state index is 0. The molecular weight excluding hydrogens is 1230 g/mol. The van der Waals surface area contributed by atoms with E-state index in [1.54, 1.807) is 0 Å². The third kappa shape index (κ3) is 9.12. The predicted octanol–water partition coefficient (Wildman–Crippen LogP) is 27.4. The van der Waals surface area contributed by atoms with Gasteiger partial charge in [0, 0.05) is 116 Å². The van der Waals surface area contributed by atoms with Crippen LogP contribution in [-0.4, -0.2) is 0 Å². The molecule has 22 aromatic rings. The molecule has 0 unspecified atom stereocenters. The lowest BCUT2D eigenvalue weighted by atomic mass is 9.95. The molecular formula is C90H56ClNO6. The van der Waals surface area contributed by atoms with Gasteiger partial charge in [-0.1, -0.05) is 219 Å². The highest BCUT2D eigenvalue weighted by Crippen LogP contribution is 2.49. The Hall–Kier alpha value is -12.6. The summed E-state index contributed by atoms with van der Waals surface area (Å²) in [5, 5.41) is 23.6. The highest BCUT2D eigenvalue weighted by Gasteiger charge is 2.24. The highest BCUT2D eigenvalue weighted by molar-refractivity contribution is 6.40. The van der Waals surface area contributed by atoms with Crippen LogP contribution in [0.25, 0.3) is 175 Å². The Kier molecular flexibility index (Phi) is 13.1. The molecule has 6 heterocycles. The van der Waals surface area contributed by atoms with Gasteiger partial charge in [-0.15, -0.1) is 0 Å². The minimum Gasteiger partial charge on any atom is -0.456 e. The lowest BCUT2D eigenvalue weighted by molar-refractivity contribution is 0.667. The second kappa shape index (κ2) is 22.6.